The van der Waals surface area contributed by atoms with Crippen molar-refractivity contribution >= 4 is 55.9 Å². The average molecular weight is 373 g/mol. The van der Waals surface area contributed by atoms with Crippen LogP contribution in [0.4, 0.5) is 0 Å². The highest BCUT2D eigenvalue weighted by Gasteiger charge is 2.07. The summed E-state index contributed by atoms with van der Waals surface area (Å²) in [6.07, 6.45) is 0.404. The van der Waals surface area contributed by atoms with Gasteiger partial charge in [0, 0.05) is 14.5 Å². The lowest BCUT2D eigenvalue weighted by atomic mass is 10.1. The van der Waals surface area contributed by atoms with E-state index in [4.69, 9.17) is 11.6 Å². The molecule has 13 heavy (non-hydrogen) atoms. The second kappa shape index (κ2) is 5.32. The summed E-state index contributed by atoms with van der Waals surface area (Å²) in [5.41, 5.74) is 0.998. The Morgan fingerprint density at radius 1 is 1.54 bits per heavy atom. The zero-order valence-electron chi connectivity index (χ0n) is 6.69. The van der Waals surface area contributed by atoms with Gasteiger partial charge < -0.3 is 0 Å². The Kier molecular flexibility index (Phi) is 4.69. The van der Waals surface area contributed by atoms with E-state index in [1.807, 2.05) is 18.2 Å². The SMILES string of the molecule is O=C(CCl)Cc1cccc(I)c1Br. The van der Waals surface area contributed by atoms with E-state index in [0.717, 1.165) is 13.6 Å². The van der Waals surface area contributed by atoms with Gasteiger partial charge in [-0.1, -0.05) is 12.1 Å². The summed E-state index contributed by atoms with van der Waals surface area (Å²) in [7, 11) is 0. The predicted octanol–water partition coefficient (Wildman–Crippen LogP) is 3.40. The fourth-order valence-electron chi connectivity index (χ4n) is 0.945. The van der Waals surface area contributed by atoms with Gasteiger partial charge in [-0.2, -0.15) is 0 Å². The first-order valence-corrected chi connectivity index (χ1v) is 6.06. The number of alkyl halides is 1. The van der Waals surface area contributed by atoms with Crippen LogP contribution in [0.1, 0.15) is 5.56 Å². The number of hydrogen-bond donors (Lipinski definition) is 0. The Labute approximate surface area is 104 Å². The number of hydrogen-bond acceptors (Lipinski definition) is 1. The molecule has 1 aromatic rings. The van der Waals surface area contributed by atoms with Gasteiger partial charge in [0.15, 0.2) is 5.78 Å². The number of Topliss-reactive ketones (excluding diaryl/α,β-unsaturated/α-hetero) is 1. The maximum atomic E-state index is 11.1. The molecule has 1 nitrogen and oxygen atoms in total. The molecule has 1 aromatic carbocycles. The lowest BCUT2D eigenvalue weighted by molar-refractivity contribution is -0.116. The van der Waals surface area contributed by atoms with Crippen LogP contribution in [0.2, 0.25) is 0 Å². The van der Waals surface area contributed by atoms with E-state index in [1.54, 1.807) is 0 Å². The van der Waals surface area contributed by atoms with Crippen LogP contribution < -0.4 is 0 Å². The lowest BCUT2D eigenvalue weighted by Crippen LogP contribution is -2.04. The predicted molar refractivity (Wildman–Crippen MR) is 66.3 cm³/mol. The minimum Gasteiger partial charge on any atom is -0.298 e. The number of benzene rings is 1. The van der Waals surface area contributed by atoms with Gasteiger partial charge in [-0.05, 0) is 50.2 Å². The van der Waals surface area contributed by atoms with Gasteiger partial charge in [-0.3, -0.25) is 4.79 Å². The van der Waals surface area contributed by atoms with Crippen molar-refractivity contribution in [2.45, 2.75) is 6.42 Å². The van der Waals surface area contributed by atoms with Gasteiger partial charge in [-0.15, -0.1) is 11.6 Å². The van der Waals surface area contributed by atoms with Gasteiger partial charge >= 0.3 is 0 Å². The first-order chi connectivity index (χ1) is 6.15. The number of carbonyl (C=O) groups excluding carboxylic acids is 1. The van der Waals surface area contributed by atoms with E-state index < -0.39 is 0 Å². The molecular weight excluding hydrogens is 366 g/mol. The molecule has 0 unspecified atom stereocenters. The van der Waals surface area contributed by atoms with E-state index in [9.17, 15) is 4.79 Å². The third-order valence-electron chi connectivity index (χ3n) is 1.57. The Balaban J connectivity index is 2.89. The Morgan fingerprint density at radius 3 is 2.85 bits per heavy atom. The summed E-state index contributed by atoms with van der Waals surface area (Å²) in [5, 5.41) is 0. The number of rotatable bonds is 3. The third kappa shape index (κ3) is 3.22. The molecule has 0 atom stereocenters. The molecule has 0 aliphatic heterocycles. The topological polar surface area (TPSA) is 17.1 Å². The standard InChI is InChI=1S/C9H7BrClIO/c10-9-6(4-7(13)5-11)2-1-3-8(9)12/h1-3H,4-5H2. The van der Waals surface area contributed by atoms with Gasteiger partial charge in [0.1, 0.15) is 0 Å². The normalized spacial score (nSPS) is 10.1. The van der Waals surface area contributed by atoms with E-state index in [-0.39, 0.29) is 11.7 Å². The molecule has 0 saturated heterocycles. The molecule has 0 radical (unpaired) electrons. The van der Waals surface area contributed by atoms with Crippen molar-refractivity contribution in [3.8, 4) is 0 Å². The highest BCUT2D eigenvalue weighted by Crippen LogP contribution is 2.23. The zero-order chi connectivity index (χ0) is 9.84. The van der Waals surface area contributed by atoms with Crippen molar-refractivity contribution in [3.05, 3.63) is 31.8 Å². The molecule has 0 aromatic heterocycles. The van der Waals surface area contributed by atoms with Crippen LogP contribution in [0.5, 0.6) is 0 Å². The quantitative estimate of drug-likeness (QED) is 0.586. The van der Waals surface area contributed by atoms with Crippen LogP contribution in [-0.4, -0.2) is 11.7 Å². The maximum Gasteiger partial charge on any atom is 0.151 e. The first-order valence-electron chi connectivity index (χ1n) is 3.65. The minimum absolute atomic E-state index is 0.0457. The molecule has 0 amide bonds. The van der Waals surface area contributed by atoms with Crippen molar-refractivity contribution in [1.29, 1.82) is 0 Å². The fraction of sp³-hybridized carbons (Fsp3) is 0.222. The molecule has 0 aliphatic rings. The highest BCUT2D eigenvalue weighted by molar-refractivity contribution is 14.1. The lowest BCUT2D eigenvalue weighted by Gasteiger charge is -2.03. The zero-order valence-corrected chi connectivity index (χ0v) is 11.2. The van der Waals surface area contributed by atoms with Crippen molar-refractivity contribution < 1.29 is 4.79 Å². The smallest absolute Gasteiger partial charge is 0.151 e. The van der Waals surface area contributed by atoms with Gasteiger partial charge in [0.2, 0.25) is 0 Å². The molecule has 0 fully saturated rings. The van der Waals surface area contributed by atoms with E-state index in [1.165, 1.54) is 0 Å². The van der Waals surface area contributed by atoms with E-state index in [0.29, 0.717) is 6.42 Å². The molecular formula is C9H7BrClIO. The molecule has 0 N–H and O–H groups in total. The summed E-state index contributed by atoms with van der Waals surface area (Å²) < 4.78 is 2.10. The molecule has 1 rings (SSSR count). The minimum atomic E-state index is 0.0457. The Hall–Kier alpha value is 0.390. The monoisotopic (exact) mass is 372 g/mol. The Morgan fingerprint density at radius 2 is 2.23 bits per heavy atom. The molecule has 4 heteroatoms. The van der Waals surface area contributed by atoms with Gasteiger partial charge in [-0.25, -0.2) is 0 Å². The summed E-state index contributed by atoms with van der Waals surface area (Å²) in [5.74, 6) is 0.127. The molecule has 0 heterocycles. The van der Waals surface area contributed by atoms with Crippen LogP contribution in [0.3, 0.4) is 0 Å². The van der Waals surface area contributed by atoms with Crippen LogP contribution >= 0.6 is 50.1 Å². The van der Waals surface area contributed by atoms with Crippen LogP contribution in [-0.2, 0) is 11.2 Å². The average Bonchev–Trinajstić information content (AvgIpc) is 2.13. The second-order valence-electron chi connectivity index (χ2n) is 2.56. The van der Waals surface area contributed by atoms with Gasteiger partial charge in [0.25, 0.3) is 0 Å². The van der Waals surface area contributed by atoms with Crippen molar-refractivity contribution in [2.75, 3.05) is 5.88 Å². The van der Waals surface area contributed by atoms with E-state index in [2.05, 4.69) is 38.5 Å². The molecule has 0 bridgehead atoms. The van der Waals surface area contributed by atoms with Crippen LogP contribution in [0.15, 0.2) is 22.7 Å². The van der Waals surface area contributed by atoms with Crippen molar-refractivity contribution in [1.82, 2.24) is 0 Å². The van der Waals surface area contributed by atoms with Crippen molar-refractivity contribution in [2.24, 2.45) is 0 Å². The largest absolute Gasteiger partial charge is 0.298 e. The molecule has 0 spiro atoms. The van der Waals surface area contributed by atoms with Crippen LogP contribution in [0.25, 0.3) is 0 Å². The summed E-state index contributed by atoms with van der Waals surface area (Å²) in [6, 6.07) is 5.85. The number of ketones is 1. The molecule has 0 aliphatic carbocycles. The van der Waals surface area contributed by atoms with Crippen molar-refractivity contribution in [3.63, 3.8) is 0 Å². The maximum absolute atomic E-state index is 11.1. The fourth-order valence-corrected chi connectivity index (χ4v) is 2.00. The Bertz CT molecular complexity index is 327. The number of carbonyl (C=O) groups is 1. The number of halogens is 3. The second-order valence-corrected chi connectivity index (χ2v) is 4.78. The highest BCUT2D eigenvalue weighted by atomic mass is 127. The molecule has 70 valence electrons. The van der Waals surface area contributed by atoms with E-state index >= 15 is 0 Å². The van der Waals surface area contributed by atoms with Crippen LogP contribution in [0, 0.1) is 3.57 Å². The summed E-state index contributed by atoms with van der Waals surface area (Å²) >= 11 is 11.1. The van der Waals surface area contributed by atoms with Gasteiger partial charge in [0.05, 0.1) is 5.88 Å². The summed E-state index contributed by atoms with van der Waals surface area (Å²) in [4.78, 5) is 11.1. The first kappa shape index (κ1) is 11.5. The summed E-state index contributed by atoms with van der Waals surface area (Å²) in [6.45, 7) is 0. The third-order valence-corrected chi connectivity index (χ3v) is 4.44. The molecule has 0 saturated carbocycles.